The second kappa shape index (κ2) is 18.1. The number of hydrogen-bond acceptors (Lipinski definition) is 0. The van der Waals surface area contributed by atoms with E-state index in [0.29, 0.717) is 0 Å². The van der Waals surface area contributed by atoms with Crippen LogP contribution in [0.5, 0.6) is 0 Å². The van der Waals surface area contributed by atoms with E-state index in [9.17, 15) is 0 Å². The van der Waals surface area contributed by atoms with Crippen LogP contribution in [-0.2, 0) is 39.0 Å². The molecule has 0 aliphatic rings. The summed E-state index contributed by atoms with van der Waals surface area (Å²) in [6.45, 7) is 13.3. The summed E-state index contributed by atoms with van der Waals surface area (Å²) in [6.07, 6.45) is 4.88. The molecule has 4 heteroatoms. The van der Waals surface area contributed by atoms with E-state index in [1.54, 1.807) is 0 Å². The molecule has 0 unspecified atom stereocenters. The topological polar surface area (TPSA) is 0 Å². The molecule has 0 saturated heterocycles. The Hall–Kier alpha value is -0.280. The van der Waals surface area contributed by atoms with Gasteiger partial charge in [-0.05, 0) is 12.8 Å². The van der Waals surface area contributed by atoms with Gasteiger partial charge in [-0.25, -0.2) is 0 Å². The number of aryl methyl sites for hydroxylation is 4. The predicted octanol–water partition coefficient (Wildman–Crippen LogP) is 2.16. The van der Waals surface area contributed by atoms with Crippen molar-refractivity contribution >= 4 is 31.1 Å². The van der Waals surface area contributed by atoms with Crippen LogP contribution in [0.15, 0.2) is 60.7 Å². The van der Waals surface area contributed by atoms with E-state index in [1.807, 2.05) is 0 Å². The summed E-state index contributed by atoms with van der Waals surface area (Å²) in [5, 5.41) is 5.63. The maximum atomic E-state index is 2.33. The van der Waals surface area contributed by atoms with Crippen LogP contribution in [0.1, 0.15) is 48.9 Å². The predicted molar refractivity (Wildman–Crippen MR) is 135 cm³/mol. The molecular weight excluding hydrogens is 615 g/mol. The minimum Gasteiger partial charge on any atom is -1.00 e. The van der Waals surface area contributed by atoms with Crippen molar-refractivity contribution in [1.29, 1.82) is 0 Å². The van der Waals surface area contributed by atoms with Crippen molar-refractivity contribution in [1.82, 2.24) is 0 Å². The van der Waals surface area contributed by atoms with Gasteiger partial charge in [-0.1, -0.05) is 65.8 Å². The van der Waals surface area contributed by atoms with Crippen LogP contribution < -0.4 is 34.0 Å². The minimum atomic E-state index is 0. The van der Waals surface area contributed by atoms with E-state index < -0.39 is 0 Å². The molecule has 0 aromatic heterocycles. The van der Waals surface area contributed by atoms with Gasteiger partial charge in [0.25, 0.3) is 0 Å². The van der Waals surface area contributed by atoms with Crippen molar-refractivity contribution in [3.8, 4) is 0 Å². The van der Waals surface area contributed by atoms with Gasteiger partial charge in [0.2, 0.25) is 0 Å². The standard InChI is InChI=1S/2C13H15.C2H7Si.2BrH.Zr/c2*1-3-6-11-9-12-7-4-5-8-13(12)10(11)2;1-3-2;;;/h2*4-5,7-9H,3,6H2,1-2H3;3H,1-2H3;2*1H;/q2*-1;;;;+4/p-2. The summed E-state index contributed by atoms with van der Waals surface area (Å²) in [7, 11) is 0.750. The van der Waals surface area contributed by atoms with Crippen LogP contribution in [0.4, 0.5) is 0 Å². The fourth-order valence-corrected chi connectivity index (χ4v) is 3.92. The Morgan fingerprint density at radius 2 is 0.969 bits per heavy atom. The molecule has 0 nitrogen and oxygen atoms in total. The van der Waals surface area contributed by atoms with Gasteiger partial charge >= 0.3 is 26.2 Å². The summed E-state index contributed by atoms with van der Waals surface area (Å²) in [4.78, 5) is 0. The summed E-state index contributed by atoms with van der Waals surface area (Å²) >= 11 is 0. The minimum absolute atomic E-state index is 0. The largest absolute Gasteiger partial charge is 4.00 e. The quantitative estimate of drug-likeness (QED) is 0.235. The molecular formula is C28H37Br2SiZr. The number of hydrogen-bond donors (Lipinski definition) is 0. The van der Waals surface area contributed by atoms with E-state index >= 15 is 0 Å². The van der Waals surface area contributed by atoms with Crippen molar-refractivity contribution in [2.24, 2.45) is 0 Å². The van der Waals surface area contributed by atoms with E-state index in [-0.39, 0.29) is 60.2 Å². The fourth-order valence-electron chi connectivity index (χ4n) is 3.92. The second-order valence-electron chi connectivity index (χ2n) is 7.84. The molecule has 0 saturated carbocycles. The summed E-state index contributed by atoms with van der Waals surface area (Å²) in [5.41, 5.74) is 5.97. The average Bonchev–Trinajstić information content (AvgIpc) is 3.21. The molecule has 0 amide bonds. The average molecular weight is 653 g/mol. The SMILES string of the molecule is CCCc1[cH-]c2ccccc2c1C.CCCc1[cH-]c2ccccc2c1C.C[SiH]C.[Br-].[Br-].[Zr+4]. The first-order valence-electron chi connectivity index (χ1n) is 11.1. The molecule has 0 spiro atoms. The molecule has 0 atom stereocenters. The zero-order valence-corrected chi connectivity index (χ0v) is 27.2. The van der Waals surface area contributed by atoms with Gasteiger partial charge in [-0.15, -0.1) is 81.2 Å². The molecule has 0 fully saturated rings. The van der Waals surface area contributed by atoms with Gasteiger partial charge in [0, 0.05) is 9.52 Å². The Balaban J connectivity index is 0. The number of rotatable bonds is 4. The fraction of sp³-hybridized carbons (Fsp3) is 0.357. The Labute approximate surface area is 238 Å². The zero-order valence-electron chi connectivity index (χ0n) is 20.4. The normalized spacial score (nSPS) is 9.44. The molecule has 32 heavy (non-hydrogen) atoms. The van der Waals surface area contributed by atoms with Gasteiger partial charge in [-0.3, -0.25) is 0 Å². The molecule has 4 aromatic rings. The van der Waals surface area contributed by atoms with Crippen LogP contribution >= 0.6 is 0 Å². The van der Waals surface area contributed by atoms with Gasteiger partial charge in [0.05, 0.1) is 0 Å². The smallest absolute Gasteiger partial charge is 1.00 e. The number of fused-ring (bicyclic) bond motifs is 2. The second-order valence-corrected chi connectivity index (χ2v) is 9.00. The monoisotopic (exact) mass is 649 g/mol. The Bertz CT molecular complexity index is 935. The number of halogens is 2. The van der Waals surface area contributed by atoms with Gasteiger partial charge in [-0.2, -0.15) is 11.1 Å². The molecule has 171 valence electrons. The van der Waals surface area contributed by atoms with Crippen molar-refractivity contribution in [2.45, 2.75) is 66.5 Å². The van der Waals surface area contributed by atoms with Gasteiger partial charge in [0.1, 0.15) is 0 Å². The third-order valence-corrected chi connectivity index (χ3v) is 5.39. The van der Waals surface area contributed by atoms with Crippen LogP contribution in [0.2, 0.25) is 13.1 Å². The molecule has 1 radical (unpaired) electrons. The van der Waals surface area contributed by atoms with Crippen molar-refractivity contribution < 1.29 is 60.2 Å². The maximum absolute atomic E-state index is 2.33. The van der Waals surface area contributed by atoms with Crippen molar-refractivity contribution in [2.75, 3.05) is 0 Å². The Morgan fingerprint density at radius 1 is 0.656 bits per heavy atom. The van der Waals surface area contributed by atoms with E-state index in [2.05, 4.69) is 101 Å². The van der Waals surface area contributed by atoms with E-state index in [0.717, 1.165) is 9.52 Å². The summed E-state index contributed by atoms with van der Waals surface area (Å²) in [6, 6.07) is 21.9. The Morgan fingerprint density at radius 3 is 1.25 bits per heavy atom. The third-order valence-electron chi connectivity index (χ3n) is 5.39. The summed E-state index contributed by atoms with van der Waals surface area (Å²) < 4.78 is 0. The molecule has 0 N–H and O–H groups in total. The molecule has 0 bridgehead atoms. The molecule has 4 aromatic carbocycles. The van der Waals surface area contributed by atoms with Crippen LogP contribution in [-0.4, -0.2) is 9.52 Å². The molecule has 4 rings (SSSR count). The summed E-state index contributed by atoms with van der Waals surface area (Å²) in [5.74, 6) is 0. The third kappa shape index (κ3) is 9.16. The van der Waals surface area contributed by atoms with Crippen molar-refractivity contribution in [3.05, 3.63) is 82.9 Å². The first-order valence-corrected chi connectivity index (χ1v) is 13.4. The Kier molecular flexibility index (Phi) is 19.2. The molecule has 0 aliphatic heterocycles. The van der Waals surface area contributed by atoms with Crippen LogP contribution in [0.25, 0.3) is 21.5 Å². The first kappa shape index (κ1) is 33.9. The van der Waals surface area contributed by atoms with Gasteiger partial charge < -0.3 is 34.0 Å². The molecule has 0 aliphatic carbocycles. The molecule has 0 heterocycles. The zero-order chi connectivity index (χ0) is 21.2. The van der Waals surface area contributed by atoms with Crippen LogP contribution in [0, 0.1) is 13.8 Å². The van der Waals surface area contributed by atoms with Gasteiger partial charge in [0.15, 0.2) is 0 Å². The van der Waals surface area contributed by atoms with E-state index in [4.69, 9.17) is 0 Å². The van der Waals surface area contributed by atoms with Crippen LogP contribution in [0.3, 0.4) is 0 Å². The maximum Gasteiger partial charge on any atom is 4.00 e. The van der Waals surface area contributed by atoms with E-state index in [1.165, 1.54) is 69.5 Å². The number of benzene rings is 2. The van der Waals surface area contributed by atoms with Crippen molar-refractivity contribution in [3.63, 3.8) is 0 Å². The first-order chi connectivity index (χ1) is 14.1.